The van der Waals surface area contributed by atoms with Crippen LogP contribution < -0.4 is 5.56 Å². The number of nitrogens with zero attached hydrogens (tertiary/aromatic N) is 3. The van der Waals surface area contributed by atoms with Gasteiger partial charge in [0.05, 0.1) is 6.42 Å². The van der Waals surface area contributed by atoms with Crippen LogP contribution in [0.2, 0.25) is 0 Å². The third-order valence-corrected chi connectivity index (χ3v) is 5.12. The molecule has 2 aromatic rings. The molecule has 1 unspecified atom stereocenters. The Kier molecular flexibility index (Phi) is 6.18. The smallest absolute Gasteiger partial charge is 0.303 e. The molecule has 0 radical (unpaired) electrons. The number of aliphatic carboxylic acids is 1. The summed E-state index contributed by atoms with van der Waals surface area (Å²) in [6, 6.07) is 3.57. The quantitative estimate of drug-likeness (QED) is 0.784. The summed E-state index contributed by atoms with van der Waals surface area (Å²) in [7, 11) is 0. The van der Waals surface area contributed by atoms with Crippen LogP contribution in [-0.4, -0.2) is 49.9 Å². The number of carbonyl (C=O) groups excluding carboxylic acids is 1. The summed E-state index contributed by atoms with van der Waals surface area (Å²) in [5, 5.41) is 8.85. The zero-order valence-corrected chi connectivity index (χ0v) is 15.9. The molecular weight excluding hydrogens is 360 g/mol. The Balaban J connectivity index is 1.70. The van der Waals surface area contributed by atoms with E-state index in [9.17, 15) is 14.4 Å². The number of hydrogen-bond donors (Lipinski definition) is 2. The normalized spacial score (nSPS) is 16.8. The van der Waals surface area contributed by atoms with Crippen molar-refractivity contribution in [3.63, 3.8) is 0 Å². The fourth-order valence-electron chi connectivity index (χ4n) is 3.58. The van der Waals surface area contributed by atoms with Gasteiger partial charge in [-0.1, -0.05) is 0 Å². The van der Waals surface area contributed by atoms with Crippen molar-refractivity contribution in [1.29, 1.82) is 0 Å². The molecule has 3 rings (SSSR count). The molecule has 0 aromatic carbocycles. The largest absolute Gasteiger partial charge is 0.481 e. The molecule has 8 heteroatoms. The Morgan fingerprint density at radius 2 is 2.21 bits per heavy atom. The number of piperidine rings is 1. The van der Waals surface area contributed by atoms with E-state index in [1.165, 1.54) is 0 Å². The minimum atomic E-state index is -0.814. The summed E-state index contributed by atoms with van der Waals surface area (Å²) in [6.07, 6.45) is 5.72. The number of nitrogens with one attached hydrogen (secondary N) is 1. The van der Waals surface area contributed by atoms with Gasteiger partial charge in [0.1, 0.15) is 5.82 Å². The molecule has 1 saturated heterocycles. The number of aryl methyl sites for hydroxylation is 1. The van der Waals surface area contributed by atoms with E-state index in [1.54, 1.807) is 36.4 Å². The average molecular weight is 384 g/mol. The van der Waals surface area contributed by atoms with Crippen LogP contribution in [0.1, 0.15) is 36.9 Å². The van der Waals surface area contributed by atoms with Gasteiger partial charge in [-0.3, -0.25) is 19.4 Å². The van der Waals surface area contributed by atoms with Crippen LogP contribution in [0, 0.1) is 12.8 Å². The maximum atomic E-state index is 12.7. The first-order chi connectivity index (χ1) is 13.4. The van der Waals surface area contributed by atoms with Crippen molar-refractivity contribution >= 4 is 11.9 Å². The van der Waals surface area contributed by atoms with E-state index in [2.05, 4.69) is 15.0 Å². The summed E-state index contributed by atoms with van der Waals surface area (Å²) in [4.78, 5) is 49.0. The number of rotatable bonds is 6. The van der Waals surface area contributed by atoms with Crippen LogP contribution in [0.5, 0.6) is 0 Å². The standard InChI is InChI=1S/C20H24N4O4/c1-13-16(20(28)23-19(22-13)15-5-2-8-21-11-15)10-17(25)24-9-3-4-14(12-24)6-7-18(26)27/h2,5,8,11,14H,3-4,6-7,9-10,12H2,1H3,(H,26,27)(H,22,23,28). The summed E-state index contributed by atoms with van der Waals surface area (Å²) in [5.74, 6) is -0.312. The second-order valence-corrected chi connectivity index (χ2v) is 7.18. The van der Waals surface area contributed by atoms with Gasteiger partial charge in [0.15, 0.2) is 0 Å². The number of H-pyrrole nitrogens is 1. The predicted octanol–water partition coefficient (Wildman–Crippen LogP) is 1.79. The van der Waals surface area contributed by atoms with Crippen molar-refractivity contribution in [3.05, 3.63) is 46.1 Å². The van der Waals surface area contributed by atoms with E-state index in [1.807, 2.05) is 0 Å². The summed E-state index contributed by atoms with van der Waals surface area (Å²) >= 11 is 0. The van der Waals surface area contributed by atoms with Crippen LogP contribution in [0.25, 0.3) is 11.4 Å². The second-order valence-electron chi connectivity index (χ2n) is 7.18. The number of aromatic amines is 1. The minimum absolute atomic E-state index is 0.00681. The SMILES string of the molecule is Cc1nc(-c2cccnc2)[nH]c(=O)c1CC(=O)N1CCCC(CCC(=O)O)C1. The molecule has 0 saturated carbocycles. The van der Waals surface area contributed by atoms with Crippen LogP contribution in [0.3, 0.4) is 0 Å². The van der Waals surface area contributed by atoms with E-state index < -0.39 is 5.97 Å². The Morgan fingerprint density at radius 3 is 2.89 bits per heavy atom. The Morgan fingerprint density at radius 1 is 1.39 bits per heavy atom. The Hall–Kier alpha value is -3.03. The van der Waals surface area contributed by atoms with Crippen molar-refractivity contribution in [2.24, 2.45) is 5.92 Å². The highest BCUT2D eigenvalue weighted by Gasteiger charge is 2.25. The lowest BCUT2D eigenvalue weighted by Crippen LogP contribution is -2.41. The van der Waals surface area contributed by atoms with E-state index in [4.69, 9.17) is 5.11 Å². The number of amides is 1. The fraction of sp³-hybridized carbons (Fsp3) is 0.450. The highest BCUT2D eigenvalue weighted by molar-refractivity contribution is 5.79. The van der Waals surface area contributed by atoms with E-state index in [-0.39, 0.29) is 30.2 Å². The molecule has 0 bridgehead atoms. The molecule has 1 fully saturated rings. The molecule has 0 aliphatic carbocycles. The minimum Gasteiger partial charge on any atom is -0.481 e. The second kappa shape index (κ2) is 8.77. The lowest BCUT2D eigenvalue weighted by molar-refractivity contribution is -0.137. The van der Waals surface area contributed by atoms with E-state index >= 15 is 0 Å². The Bertz CT molecular complexity index is 910. The molecule has 8 nitrogen and oxygen atoms in total. The highest BCUT2D eigenvalue weighted by atomic mass is 16.4. The first-order valence-corrected chi connectivity index (χ1v) is 9.44. The van der Waals surface area contributed by atoms with Gasteiger partial charge in [-0.2, -0.15) is 0 Å². The first-order valence-electron chi connectivity index (χ1n) is 9.44. The molecule has 148 valence electrons. The van der Waals surface area contributed by atoms with E-state index in [0.29, 0.717) is 42.2 Å². The van der Waals surface area contributed by atoms with Gasteiger partial charge >= 0.3 is 5.97 Å². The molecular formula is C20H24N4O4. The number of aromatic nitrogens is 3. The maximum Gasteiger partial charge on any atom is 0.303 e. The number of carbonyl (C=O) groups is 2. The van der Waals surface area contributed by atoms with Crippen molar-refractivity contribution in [1.82, 2.24) is 19.9 Å². The monoisotopic (exact) mass is 384 g/mol. The maximum absolute atomic E-state index is 12.7. The van der Waals surface area contributed by atoms with Crippen molar-refractivity contribution in [2.45, 2.75) is 39.0 Å². The molecule has 1 amide bonds. The number of likely N-dealkylation sites (tertiary alicyclic amines) is 1. The fourth-order valence-corrected chi connectivity index (χ4v) is 3.58. The van der Waals surface area contributed by atoms with Gasteiger partial charge in [-0.15, -0.1) is 0 Å². The van der Waals surface area contributed by atoms with Crippen LogP contribution in [0.15, 0.2) is 29.3 Å². The molecule has 2 N–H and O–H groups in total. The van der Waals surface area contributed by atoms with Crippen molar-refractivity contribution in [3.8, 4) is 11.4 Å². The average Bonchev–Trinajstić information content (AvgIpc) is 2.69. The lowest BCUT2D eigenvalue weighted by Gasteiger charge is -2.32. The number of pyridine rings is 1. The predicted molar refractivity (Wildman–Crippen MR) is 103 cm³/mol. The molecule has 0 spiro atoms. The zero-order chi connectivity index (χ0) is 20.1. The summed E-state index contributed by atoms with van der Waals surface area (Å²) in [6.45, 7) is 2.91. The third kappa shape index (κ3) is 4.82. The van der Waals surface area contributed by atoms with Gasteiger partial charge in [-0.05, 0) is 44.2 Å². The molecule has 28 heavy (non-hydrogen) atoms. The molecule has 3 heterocycles. The lowest BCUT2D eigenvalue weighted by atomic mass is 9.93. The van der Waals surface area contributed by atoms with Gasteiger partial charge < -0.3 is 15.0 Å². The van der Waals surface area contributed by atoms with Crippen LogP contribution in [0.4, 0.5) is 0 Å². The molecule has 1 aliphatic heterocycles. The molecule has 1 atom stereocenters. The van der Waals surface area contributed by atoms with Gasteiger partial charge in [-0.25, -0.2) is 4.98 Å². The number of carboxylic acid groups (broad SMARTS) is 1. The third-order valence-electron chi connectivity index (χ3n) is 5.12. The van der Waals surface area contributed by atoms with Crippen molar-refractivity contribution < 1.29 is 14.7 Å². The molecule has 1 aliphatic rings. The number of carboxylic acids is 1. The zero-order valence-electron chi connectivity index (χ0n) is 15.9. The summed E-state index contributed by atoms with van der Waals surface area (Å²) < 4.78 is 0. The topological polar surface area (TPSA) is 116 Å². The first kappa shape index (κ1) is 19.7. The van der Waals surface area contributed by atoms with Crippen LogP contribution in [-0.2, 0) is 16.0 Å². The molecule has 2 aromatic heterocycles. The summed E-state index contributed by atoms with van der Waals surface area (Å²) in [5.41, 5.74) is 1.28. The van der Waals surface area contributed by atoms with Gasteiger partial charge in [0.2, 0.25) is 5.91 Å². The van der Waals surface area contributed by atoms with Gasteiger partial charge in [0.25, 0.3) is 5.56 Å². The highest BCUT2D eigenvalue weighted by Crippen LogP contribution is 2.22. The number of hydrogen-bond acceptors (Lipinski definition) is 5. The van der Waals surface area contributed by atoms with E-state index in [0.717, 1.165) is 12.8 Å². The van der Waals surface area contributed by atoms with Gasteiger partial charge in [0, 0.05) is 48.7 Å². The van der Waals surface area contributed by atoms with Crippen molar-refractivity contribution in [2.75, 3.05) is 13.1 Å². The Labute approximate surface area is 162 Å². The van der Waals surface area contributed by atoms with Crippen LogP contribution >= 0.6 is 0 Å².